The van der Waals surface area contributed by atoms with Crippen LogP contribution in [0.1, 0.15) is 18.4 Å². The zero-order chi connectivity index (χ0) is 19.7. The molecule has 4 rings (SSSR count). The lowest BCUT2D eigenvalue weighted by Gasteiger charge is -2.30. The van der Waals surface area contributed by atoms with E-state index in [0.29, 0.717) is 29.3 Å². The molecule has 0 saturated carbocycles. The van der Waals surface area contributed by atoms with Gasteiger partial charge in [0.25, 0.3) is 10.0 Å². The molecule has 8 heteroatoms. The number of fused-ring (bicyclic) bond motifs is 1. The number of nitrogens with one attached hydrogen (secondary N) is 1. The summed E-state index contributed by atoms with van der Waals surface area (Å²) in [6.45, 7) is 2.63. The first-order valence-corrected chi connectivity index (χ1v) is 11.5. The Kier molecular flexibility index (Phi) is 5.18. The molecule has 3 heterocycles. The van der Waals surface area contributed by atoms with Gasteiger partial charge in [-0.2, -0.15) is 4.31 Å². The van der Waals surface area contributed by atoms with Crippen LogP contribution >= 0.6 is 11.3 Å². The minimum absolute atomic E-state index is 0.153. The van der Waals surface area contributed by atoms with E-state index in [4.69, 9.17) is 0 Å². The number of rotatable bonds is 4. The molecule has 28 heavy (non-hydrogen) atoms. The fourth-order valence-electron chi connectivity index (χ4n) is 3.57. The van der Waals surface area contributed by atoms with Gasteiger partial charge in [-0.3, -0.25) is 9.78 Å². The topological polar surface area (TPSA) is 79.4 Å². The third kappa shape index (κ3) is 3.55. The summed E-state index contributed by atoms with van der Waals surface area (Å²) in [5.74, 6) is -0.531. The third-order valence-electron chi connectivity index (χ3n) is 5.07. The van der Waals surface area contributed by atoms with Crippen LogP contribution in [-0.2, 0) is 14.8 Å². The minimum Gasteiger partial charge on any atom is -0.325 e. The smallest absolute Gasteiger partial charge is 0.252 e. The van der Waals surface area contributed by atoms with Crippen molar-refractivity contribution in [1.29, 1.82) is 0 Å². The van der Waals surface area contributed by atoms with Gasteiger partial charge in [0.2, 0.25) is 5.91 Å². The maximum atomic E-state index is 12.9. The number of hydrogen-bond donors (Lipinski definition) is 1. The predicted molar refractivity (Wildman–Crippen MR) is 111 cm³/mol. The molecule has 1 atom stereocenters. The highest BCUT2D eigenvalue weighted by atomic mass is 32.2. The SMILES string of the molecule is Cc1ccc(NC(=O)C2CCCN(S(=O)(=O)c3cccs3)C2)c2cccnc12. The second kappa shape index (κ2) is 7.62. The average molecular weight is 416 g/mol. The number of carbonyl (C=O) groups is 1. The lowest BCUT2D eigenvalue weighted by molar-refractivity contribution is -0.120. The van der Waals surface area contributed by atoms with Gasteiger partial charge < -0.3 is 5.32 Å². The highest BCUT2D eigenvalue weighted by molar-refractivity contribution is 7.91. The monoisotopic (exact) mass is 415 g/mol. The fourth-order valence-corrected chi connectivity index (χ4v) is 6.24. The van der Waals surface area contributed by atoms with Crippen LogP contribution in [0.2, 0.25) is 0 Å². The Morgan fingerprint density at radius 2 is 2.11 bits per heavy atom. The van der Waals surface area contributed by atoms with Crippen LogP contribution in [0.4, 0.5) is 5.69 Å². The number of aryl methyl sites for hydroxylation is 1. The standard InChI is InChI=1S/C20H21N3O3S2/c1-14-8-9-17(16-6-2-10-21-19(14)16)22-20(24)15-5-3-11-23(13-15)28(25,26)18-7-4-12-27-18/h2,4,6-10,12,15H,3,5,11,13H2,1H3,(H,22,24). The van der Waals surface area contributed by atoms with Crippen molar-refractivity contribution in [3.63, 3.8) is 0 Å². The molecule has 0 spiro atoms. The molecular formula is C20H21N3O3S2. The van der Waals surface area contributed by atoms with E-state index in [1.54, 1.807) is 23.7 Å². The number of carbonyl (C=O) groups excluding carboxylic acids is 1. The van der Waals surface area contributed by atoms with Crippen molar-refractivity contribution in [3.05, 3.63) is 53.5 Å². The Morgan fingerprint density at radius 1 is 1.25 bits per heavy atom. The molecule has 1 aliphatic rings. The lowest BCUT2D eigenvalue weighted by Crippen LogP contribution is -2.43. The Labute approximate surface area is 168 Å². The van der Waals surface area contributed by atoms with Crippen molar-refractivity contribution < 1.29 is 13.2 Å². The molecule has 6 nitrogen and oxygen atoms in total. The van der Waals surface area contributed by atoms with Crippen molar-refractivity contribution >= 4 is 43.9 Å². The number of hydrogen-bond acceptors (Lipinski definition) is 5. The molecule has 0 aliphatic carbocycles. The summed E-state index contributed by atoms with van der Waals surface area (Å²) in [4.78, 5) is 17.3. The molecule has 1 fully saturated rings. The second-order valence-corrected chi connectivity index (χ2v) is 10.1. The second-order valence-electron chi connectivity index (χ2n) is 6.95. The molecule has 1 aliphatic heterocycles. The van der Waals surface area contributed by atoms with Crippen LogP contribution in [0.3, 0.4) is 0 Å². The summed E-state index contributed by atoms with van der Waals surface area (Å²) < 4.78 is 27.3. The zero-order valence-corrected chi connectivity index (χ0v) is 17.1. The van der Waals surface area contributed by atoms with Crippen molar-refractivity contribution in [2.24, 2.45) is 5.92 Å². The van der Waals surface area contributed by atoms with Gasteiger partial charge in [-0.05, 0) is 55.0 Å². The number of benzene rings is 1. The van der Waals surface area contributed by atoms with E-state index in [2.05, 4.69) is 10.3 Å². The minimum atomic E-state index is -3.54. The quantitative estimate of drug-likeness (QED) is 0.705. The highest BCUT2D eigenvalue weighted by Gasteiger charge is 2.33. The maximum absolute atomic E-state index is 12.9. The third-order valence-corrected chi connectivity index (χ3v) is 8.31. The summed E-state index contributed by atoms with van der Waals surface area (Å²) in [7, 11) is -3.54. The Balaban J connectivity index is 1.54. The van der Waals surface area contributed by atoms with E-state index in [1.807, 2.05) is 31.2 Å². The first kappa shape index (κ1) is 19.0. The normalized spacial score (nSPS) is 18.2. The van der Waals surface area contributed by atoms with Gasteiger partial charge in [0.05, 0.1) is 17.1 Å². The number of piperidine rings is 1. The van der Waals surface area contributed by atoms with Crippen molar-refractivity contribution in [2.75, 3.05) is 18.4 Å². The van der Waals surface area contributed by atoms with E-state index in [1.165, 1.54) is 15.6 Å². The Morgan fingerprint density at radius 3 is 2.89 bits per heavy atom. The predicted octanol–water partition coefficient (Wildman–Crippen LogP) is 3.64. The van der Waals surface area contributed by atoms with Crippen LogP contribution in [0.5, 0.6) is 0 Å². The largest absolute Gasteiger partial charge is 0.325 e. The fraction of sp³-hybridized carbons (Fsp3) is 0.300. The first-order valence-electron chi connectivity index (χ1n) is 9.15. The van der Waals surface area contributed by atoms with Crippen LogP contribution in [0, 0.1) is 12.8 Å². The zero-order valence-electron chi connectivity index (χ0n) is 15.5. The maximum Gasteiger partial charge on any atom is 0.252 e. The van der Waals surface area contributed by atoms with Crippen molar-refractivity contribution in [3.8, 4) is 0 Å². The van der Waals surface area contributed by atoms with Gasteiger partial charge in [0.15, 0.2) is 0 Å². The van der Waals surface area contributed by atoms with E-state index in [0.717, 1.165) is 16.5 Å². The van der Waals surface area contributed by atoms with Crippen molar-refractivity contribution in [2.45, 2.75) is 24.0 Å². The molecule has 1 saturated heterocycles. The summed E-state index contributed by atoms with van der Waals surface area (Å²) in [6.07, 6.45) is 3.07. The molecule has 3 aromatic rings. The van der Waals surface area contributed by atoms with Crippen LogP contribution in [-0.4, -0.2) is 36.7 Å². The van der Waals surface area contributed by atoms with Crippen LogP contribution in [0.15, 0.2) is 52.2 Å². The van der Waals surface area contributed by atoms with E-state index < -0.39 is 10.0 Å². The van der Waals surface area contributed by atoms with Crippen molar-refractivity contribution in [1.82, 2.24) is 9.29 Å². The van der Waals surface area contributed by atoms with E-state index in [9.17, 15) is 13.2 Å². The van der Waals surface area contributed by atoms with Gasteiger partial charge in [0.1, 0.15) is 4.21 Å². The number of amides is 1. The number of pyridine rings is 1. The van der Waals surface area contributed by atoms with E-state index >= 15 is 0 Å². The Bertz CT molecular complexity index is 1110. The molecule has 2 aromatic heterocycles. The van der Waals surface area contributed by atoms with Gasteiger partial charge in [0, 0.05) is 24.7 Å². The first-order chi connectivity index (χ1) is 13.5. The summed E-state index contributed by atoms with van der Waals surface area (Å²) in [5, 5.41) is 5.62. The molecule has 1 unspecified atom stereocenters. The molecular weight excluding hydrogens is 394 g/mol. The number of anilines is 1. The van der Waals surface area contributed by atoms with Gasteiger partial charge in [-0.1, -0.05) is 12.1 Å². The van der Waals surface area contributed by atoms with Crippen LogP contribution < -0.4 is 5.32 Å². The number of aromatic nitrogens is 1. The Hall–Kier alpha value is -2.29. The molecule has 0 bridgehead atoms. The summed E-state index contributed by atoms with van der Waals surface area (Å²) in [5.41, 5.74) is 2.60. The number of nitrogens with zero attached hydrogens (tertiary/aromatic N) is 2. The summed E-state index contributed by atoms with van der Waals surface area (Å²) in [6, 6.07) is 10.9. The average Bonchev–Trinajstić information content (AvgIpc) is 3.26. The van der Waals surface area contributed by atoms with E-state index in [-0.39, 0.29) is 18.4 Å². The van der Waals surface area contributed by atoms with Gasteiger partial charge >= 0.3 is 0 Å². The summed E-state index contributed by atoms with van der Waals surface area (Å²) >= 11 is 1.20. The molecule has 0 radical (unpaired) electrons. The molecule has 1 N–H and O–H groups in total. The van der Waals surface area contributed by atoms with Gasteiger partial charge in [-0.25, -0.2) is 8.42 Å². The lowest BCUT2D eigenvalue weighted by atomic mass is 9.98. The number of thiophene rings is 1. The van der Waals surface area contributed by atoms with Gasteiger partial charge in [-0.15, -0.1) is 11.3 Å². The highest BCUT2D eigenvalue weighted by Crippen LogP contribution is 2.29. The number of sulfonamides is 1. The molecule has 146 valence electrons. The molecule has 1 aromatic carbocycles. The van der Waals surface area contributed by atoms with Crippen LogP contribution in [0.25, 0.3) is 10.9 Å². The molecule has 1 amide bonds.